The molecular weight excluding hydrogens is 342 g/mol. The maximum Gasteiger partial charge on any atom is 0.321 e. The minimum Gasteiger partial charge on any atom is -0.348 e. The van der Waals surface area contributed by atoms with E-state index >= 15 is 0 Å². The molecule has 1 aliphatic rings. The normalized spacial score (nSPS) is 16.9. The summed E-state index contributed by atoms with van der Waals surface area (Å²) in [6.45, 7) is 7.25. The molecule has 25 heavy (non-hydrogen) atoms. The maximum atomic E-state index is 12.2. The number of thiazole rings is 1. The summed E-state index contributed by atoms with van der Waals surface area (Å²) in [4.78, 5) is 42.5. The van der Waals surface area contributed by atoms with Crippen molar-refractivity contribution >= 4 is 29.2 Å². The molecule has 8 nitrogen and oxygen atoms in total. The van der Waals surface area contributed by atoms with Gasteiger partial charge in [0.2, 0.25) is 5.91 Å². The van der Waals surface area contributed by atoms with E-state index in [1.54, 1.807) is 19.4 Å². The van der Waals surface area contributed by atoms with E-state index in [1.807, 2.05) is 11.8 Å². The van der Waals surface area contributed by atoms with Crippen molar-refractivity contribution in [2.75, 3.05) is 19.6 Å². The van der Waals surface area contributed by atoms with Crippen LogP contribution >= 0.6 is 11.3 Å². The first-order chi connectivity index (χ1) is 11.9. The Morgan fingerprint density at radius 2 is 2.04 bits per heavy atom. The number of urea groups is 1. The third-order valence-electron chi connectivity index (χ3n) is 4.32. The molecule has 2 rings (SSSR count). The lowest BCUT2D eigenvalue weighted by Gasteiger charge is -2.35. The number of hydrogen-bond donors (Lipinski definition) is 3. The van der Waals surface area contributed by atoms with Gasteiger partial charge in [0.05, 0.1) is 17.2 Å². The molecule has 1 fully saturated rings. The quantitative estimate of drug-likeness (QED) is 0.717. The summed E-state index contributed by atoms with van der Waals surface area (Å²) in [6.07, 6.45) is 1.53. The van der Waals surface area contributed by atoms with Gasteiger partial charge >= 0.3 is 6.03 Å². The van der Waals surface area contributed by atoms with Gasteiger partial charge in [-0.25, -0.2) is 9.78 Å². The van der Waals surface area contributed by atoms with Crippen molar-refractivity contribution in [2.45, 2.75) is 45.7 Å². The minimum absolute atomic E-state index is 0.0829. The van der Waals surface area contributed by atoms with Gasteiger partial charge in [-0.05, 0) is 33.6 Å². The lowest BCUT2D eigenvalue weighted by molar-refractivity contribution is -0.125. The van der Waals surface area contributed by atoms with Gasteiger partial charge in [-0.1, -0.05) is 0 Å². The largest absolute Gasteiger partial charge is 0.348 e. The zero-order valence-corrected chi connectivity index (χ0v) is 15.6. The van der Waals surface area contributed by atoms with Crippen LogP contribution in [-0.2, 0) is 4.79 Å². The summed E-state index contributed by atoms with van der Waals surface area (Å²) in [5.41, 5.74) is 2.41. The van der Waals surface area contributed by atoms with Gasteiger partial charge in [0, 0.05) is 25.7 Å². The first-order valence-electron chi connectivity index (χ1n) is 8.46. The molecule has 1 aromatic rings. The lowest BCUT2D eigenvalue weighted by atomic mass is 10.0. The monoisotopic (exact) mass is 367 g/mol. The van der Waals surface area contributed by atoms with Crippen LogP contribution in [0.2, 0.25) is 0 Å². The molecule has 0 spiro atoms. The van der Waals surface area contributed by atoms with E-state index in [1.165, 1.54) is 11.3 Å². The Balaban J connectivity index is 1.79. The van der Waals surface area contributed by atoms with Crippen LogP contribution < -0.4 is 16.0 Å². The van der Waals surface area contributed by atoms with E-state index in [0.717, 1.165) is 18.5 Å². The van der Waals surface area contributed by atoms with Gasteiger partial charge < -0.3 is 10.6 Å². The number of likely N-dealkylation sites (tertiary alicyclic amines) is 1. The standard InChI is InChI=1S/C16H25N5O3S/c1-4-17-16(24)20-14(22)11(3)21-7-5-12(6-8-21)19-15(23)13-10(2)18-9-25-13/h9,11-12H,4-8H2,1-3H3,(H,19,23)(H2,17,20,22,24). The van der Waals surface area contributed by atoms with Gasteiger partial charge in [-0.15, -0.1) is 11.3 Å². The molecule has 0 bridgehead atoms. The number of carbonyl (C=O) groups is 3. The van der Waals surface area contributed by atoms with Gasteiger partial charge in [-0.3, -0.25) is 19.8 Å². The molecule has 3 N–H and O–H groups in total. The third kappa shape index (κ3) is 5.23. The fraction of sp³-hybridized carbons (Fsp3) is 0.625. The molecule has 1 saturated heterocycles. The number of hydrogen-bond acceptors (Lipinski definition) is 6. The number of imide groups is 1. The number of nitrogens with zero attached hydrogens (tertiary/aromatic N) is 2. The van der Waals surface area contributed by atoms with Gasteiger partial charge in [0.25, 0.3) is 5.91 Å². The van der Waals surface area contributed by atoms with E-state index < -0.39 is 6.03 Å². The number of carbonyl (C=O) groups excluding carboxylic acids is 3. The Kier molecular flexibility index (Phi) is 6.89. The summed E-state index contributed by atoms with van der Waals surface area (Å²) in [6, 6.07) is -0.770. The fourth-order valence-electron chi connectivity index (χ4n) is 2.79. The minimum atomic E-state index is -0.471. The van der Waals surface area contributed by atoms with Crippen LogP contribution in [0.5, 0.6) is 0 Å². The topological polar surface area (TPSA) is 103 Å². The second kappa shape index (κ2) is 8.91. The number of aromatic nitrogens is 1. The summed E-state index contributed by atoms with van der Waals surface area (Å²) in [7, 11) is 0. The highest BCUT2D eigenvalue weighted by molar-refractivity contribution is 7.11. The molecule has 1 aliphatic heterocycles. The molecule has 0 saturated carbocycles. The van der Waals surface area contributed by atoms with Crippen LogP contribution in [0.25, 0.3) is 0 Å². The van der Waals surface area contributed by atoms with E-state index in [9.17, 15) is 14.4 Å². The molecular formula is C16H25N5O3S. The van der Waals surface area contributed by atoms with Crippen molar-refractivity contribution in [3.8, 4) is 0 Å². The summed E-state index contributed by atoms with van der Waals surface area (Å²) >= 11 is 1.34. The van der Waals surface area contributed by atoms with E-state index in [0.29, 0.717) is 24.5 Å². The average molecular weight is 367 g/mol. The van der Waals surface area contributed by atoms with Crippen molar-refractivity contribution < 1.29 is 14.4 Å². The molecule has 138 valence electrons. The highest BCUT2D eigenvalue weighted by atomic mass is 32.1. The zero-order valence-electron chi connectivity index (χ0n) is 14.8. The van der Waals surface area contributed by atoms with Crippen molar-refractivity contribution in [1.29, 1.82) is 0 Å². The number of piperidine rings is 1. The summed E-state index contributed by atoms with van der Waals surface area (Å²) in [5.74, 6) is -0.394. The molecule has 0 radical (unpaired) electrons. The molecule has 1 aromatic heterocycles. The van der Waals surface area contributed by atoms with Crippen molar-refractivity contribution in [1.82, 2.24) is 25.8 Å². The van der Waals surface area contributed by atoms with Crippen LogP contribution in [0.1, 0.15) is 42.1 Å². The Labute approximate surface area is 151 Å². The van der Waals surface area contributed by atoms with Crippen LogP contribution in [0.4, 0.5) is 4.79 Å². The van der Waals surface area contributed by atoms with E-state index in [4.69, 9.17) is 0 Å². The number of aryl methyl sites for hydroxylation is 1. The maximum absolute atomic E-state index is 12.2. The number of nitrogens with one attached hydrogen (secondary N) is 3. The summed E-state index contributed by atoms with van der Waals surface area (Å²) < 4.78 is 0. The number of amides is 4. The molecule has 0 aromatic carbocycles. The van der Waals surface area contributed by atoms with E-state index in [2.05, 4.69) is 20.9 Å². The predicted octanol–water partition coefficient (Wildman–Crippen LogP) is 0.880. The second-order valence-electron chi connectivity index (χ2n) is 6.08. The SMILES string of the molecule is CCNC(=O)NC(=O)C(C)N1CCC(NC(=O)c2scnc2C)CC1. The van der Waals surface area contributed by atoms with Crippen LogP contribution in [0.3, 0.4) is 0 Å². The Morgan fingerprint density at radius 1 is 1.36 bits per heavy atom. The molecule has 2 heterocycles. The van der Waals surface area contributed by atoms with E-state index in [-0.39, 0.29) is 23.9 Å². The van der Waals surface area contributed by atoms with Crippen molar-refractivity contribution in [2.24, 2.45) is 0 Å². The molecule has 9 heteroatoms. The smallest absolute Gasteiger partial charge is 0.321 e. The van der Waals surface area contributed by atoms with Crippen LogP contribution in [-0.4, -0.2) is 59.4 Å². The van der Waals surface area contributed by atoms with Gasteiger partial charge in [-0.2, -0.15) is 0 Å². The highest BCUT2D eigenvalue weighted by Crippen LogP contribution is 2.16. The molecule has 1 unspecified atom stereocenters. The second-order valence-corrected chi connectivity index (χ2v) is 6.93. The Hall–Kier alpha value is -2.00. The van der Waals surface area contributed by atoms with Crippen LogP contribution in [0.15, 0.2) is 5.51 Å². The summed E-state index contributed by atoms with van der Waals surface area (Å²) in [5, 5.41) is 7.92. The number of rotatable bonds is 5. The van der Waals surface area contributed by atoms with Gasteiger partial charge in [0.15, 0.2) is 0 Å². The lowest BCUT2D eigenvalue weighted by Crippen LogP contribution is -2.53. The zero-order chi connectivity index (χ0) is 18.4. The van der Waals surface area contributed by atoms with Crippen molar-refractivity contribution in [3.63, 3.8) is 0 Å². The van der Waals surface area contributed by atoms with Gasteiger partial charge in [0.1, 0.15) is 4.88 Å². The predicted molar refractivity (Wildman–Crippen MR) is 95.6 cm³/mol. The third-order valence-corrected chi connectivity index (χ3v) is 5.25. The molecule has 0 aliphatic carbocycles. The average Bonchev–Trinajstić information content (AvgIpc) is 3.01. The Morgan fingerprint density at radius 3 is 2.60 bits per heavy atom. The van der Waals surface area contributed by atoms with Crippen LogP contribution in [0, 0.1) is 6.92 Å². The fourth-order valence-corrected chi connectivity index (χ4v) is 3.49. The molecule has 4 amide bonds. The van der Waals surface area contributed by atoms with Crippen molar-refractivity contribution in [3.05, 3.63) is 16.1 Å². The molecule has 1 atom stereocenters. The highest BCUT2D eigenvalue weighted by Gasteiger charge is 2.28. The Bertz CT molecular complexity index is 625. The first-order valence-corrected chi connectivity index (χ1v) is 9.34. The first kappa shape index (κ1) is 19.3.